The predicted molar refractivity (Wildman–Crippen MR) is 40.3 cm³/mol. The van der Waals surface area contributed by atoms with Crippen LogP contribution < -0.4 is 11.1 Å². The number of anilines is 2. The number of nitrogen functional groups attached to an aromatic ring is 1. The van der Waals surface area contributed by atoms with Crippen molar-refractivity contribution < 1.29 is 9.90 Å². The van der Waals surface area contributed by atoms with Crippen LogP contribution in [0.3, 0.4) is 0 Å². The number of carboxylic acid groups (broad SMARTS) is 1. The summed E-state index contributed by atoms with van der Waals surface area (Å²) in [5, 5.41) is 10.3. The zero-order valence-electron chi connectivity index (χ0n) is 5.61. The van der Waals surface area contributed by atoms with Gasteiger partial charge in [-0.15, -0.1) is 0 Å². The number of aromatic nitrogens is 1. The SMILES string of the molecule is Nc1ccnc(NC(=O)O)c1. The highest BCUT2D eigenvalue weighted by molar-refractivity contribution is 5.81. The van der Waals surface area contributed by atoms with Gasteiger partial charge < -0.3 is 10.8 Å². The fraction of sp³-hybridized carbons (Fsp3) is 0. The Bertz CT molecular complexity index is 274. The average molecular weight is 153 g/mol. The lowest BCUT2D eigenvalue weighted by Gasteiger charge is -1.98. The summed E-state index contributed by atoms with van der Waals surface area (Å²) in [5.74, 6) is 0.234. The van der Waals surface area contributed by atoms with Gasteiger partial charge in [0.1, 0.15) is 5.82 Å². The predicted octanol–water partition coefficient (Wildman–Crippen LogP) is 0.754. The number of nitrogens with one attached hydrogen (secondary N) is 1. The Morgan fingerprint density at radius 1 is 1.73 bits per heavy atom. The Morgan fingerprint density at radius 3 is 3.00 bits per heavy atom. The topological polar surface area (TPSA) is 88.2 Å². The third-order valence-electron chi connectivity index (χ3n) is 1.02. The molecule has 0 fully saturated rings. The number of hydrogen-bond donors (Lipinski definition) is 3. The number of carbonyl (C=O) groups is 1. The summed E-state index contributed by atoms with van der Waals surface area (Å²) in [6.45, 7) is 0. The molecule has 4 N–H and O–H groups in total. The summed E-state index contributed by atoms with van der Waals surface area (Å²) in [7, 11) is 0. The molecule has 1 rings (SSSR count). The van der Waals surface area contributed by atoms with Crippen molar-refractivity contribution in [1.82, 2.24) is 4.98 Å². The summed E-state index contributed by atoms with van der Waals surface area (Å²) < 4.78 is 0. The maximum absolute atomic E-state index is 10.1. The minimum Gasteiger partial charge on any atom is -0.465 e. The summed E-state index contributed by atoms with van der Waals surface area (Å²) in [5.41, 5.74) is 5.84. The number of nitrogens with zero attached hydrogens (tertiary/aromatic N) is 1. The second-order valence-corrected chi connectivity index (χ2v) is 1.90. The quantitative estimate of drug-likeness (QED) is 0.555. The van der Waals surface area contributed by atoms with Crippen LogP contribution in [0, 0.1) is 0 Å². The highest BCUT2D eigenvalue weighted by atomic mass is 16.4. The van der Waals surface area contributed by atoms with E-state index in [1.807, 2.05) is 0 Å². The molecule has 1 aromatic rings. The van der Waals surface area contributed by atoms with Crippen LogP contribution >= 0.6 is 0 Å². The van der Waals surface area contributed by atoms with E-state index in [0.717, 1.165) is 0 Å². The van der Waals surface area contributed by atoms with Crippen molar-refractivity contribution in [3.63, 3.8) is 0 Å². The molecule has 0 radical (unpaired) electrons. The largest absolute Gasteiger partial charge is 0.465 e. The van der Waals surface area contributed by atoms with Crippen LogP contribution in [0.2, 0.25) is 0 Å². The molecule has 0 saturated heterocycles. The molecule has 0 aliphatic carbocycles. The van der Waals surface area contributed by atoms with Gasteiger partial charge in [0.05, 0.1) is 0 Å². The molecule has 0 unspecified atom stereocenters. The van der Waals surface area contributed by atoms with E-state index in [0.29, 0.717) is 5.69 Å². The molecule has 0 bridgehead atoms. The molecule has 1 heterocycles. The third kappa shape index (κ3) is 2.13. The first-order valence-corrected chi connectivity index (χ1v) is 2.90. The first-order valence-electron chi connectivity index (χ1n) is 2.90. The number of hydrogen-bond acceptors (Lipinski definition) is 3. The van der Waals surface area contributed by atoms with E-state index in [1.54, 1.807) is 6.07 Å². The van der Waals surface area contributed by atoms with E-state index >= 15 is 0 Å². The number of amides is 1. The number of pyridine rings is 1. The van der Waals surface area contributed by atoms with Crippen LogP contribution in [0.5, 0.6) is 0 Å². The third-order valence-corrected chi connectivity index (χ3v) is 1.02. The van der Waals surface area contributed by atoms with Crippen molar-refractivity contribution in [3.05, 3.63) is 18.3 Å². The van der Waals surface area contributed by atoms with Crippen molar-refractivity contribution in [2.24, 2.45) is 0 Å². The molecule has 1 amide bonds. The van der Waals surface area contributed by atoms with Crippen LogP contribution in [0.25, 0.3) is 0 Å². The van der Waals surface area contributed by atoms with Gasteiger partial charge in [-0.2, -0.15) is 0 Å². The second-order valence-electron chi connectivity index (χ2n) is 1.90. The summed E-state index contributed by atoms with van der Waals surface area (Å²) in [6.07, 6.45) is 0.281. The van der Waals surface area contributed by atoms with E-state index in [4.69, 9.17) is 10.8 Å². The van der Waals surface area contributed by atoms with E-state index in [2.05, 4.69) is 10.3 Å². The normalized spacial score (nSPS) is 9.09. The van der Waals surface area contributed by atoms with E-state index in [1.165, 1.54) is 12.3 Å². The molecular weight excluding hydrogens is 146 g/mol. The molecule has 1 aromatic heterocycles. The van der Waals surface area contributed by atoms with Crippen molar-refractivity contribution in [1.29, 1.82) is 0 Å². The van der Waals surface area contributed by atoms with E-state index in [-0.39, 0.29) is 5.82 Å². The number of rotatable bonds is 1. The molecular formula is C6H7N3O2. The van der Waals surface area contributed by atoms with Gasteiger partial charge in [0.15, 0.2) is 0 Å². The maximum Gasteiger partial charge on any atom is 0.410 e. The minimum absolute atomic E-state index is 0.234. The van der Waals surface area contributed by atoms with Gasteiger partial charge in [-0.25, -0.2) is 9.78 Å². The molecule has 0 saturated carbocycles. The summed E-state index contributed by atoms with van der Waals surface area (Å²) >= 11 is 0. The average Bonchev–Trinajstić information content (AvgIpc) is 1.85. The lowest BCUT2D eigenvalue weighted by molar-refractivity contribution is 0.209. The van der Waals surface area contributed by atoms with Gasteiger partial charge in [-0.1, -0.05) is 0 Å². The summed E-state index contributed by atoms with van der Waals surface area (Å²) in [4.78, 5) is 13.8. The Kier molecular flexibility index (Phi) is 1.91. The smallest absolute Gasteiger partial charge is 0.410 e. The molecule has 0 spiro atoms. The van der Waals surface area contributed by atoms with E-state index in [9.17, 15) is 4.79 Å². The van der Waals surface area contributed by atoms with Gasteiger partial charge >= 0.3 is 6.09 Å². The van der Waals surface area contributed by atoms with Gasteiger partial charge in [0, 0.05) is 18.0 Å². The molecule has 0 aliphatic heterocycles. The van der Waals surface area contributed by atoms with Crippen LogP contribution in [-0.2, 0) is 0 Å². The van der Waals surface area contributed by atoms with Crippen molar-refractivity contribution in [2.75, 3.05) is 11.1 Å². The maximum atomic E-state index is 10.1. The first-order chi connectivity index (χ1) is 5.18. The Balaban J connectivity index is 2.79. The molecule has 0 aliphatic rings. The van der Waals surface area contributed by atoms with Gasteiger partial charge in [-0.05, 0) is 6.07 Å². The first kappa shape index (κ1) is 7.33. The summed E-state index contributed by atoms with van der Waals surface area (Å²) in [6, 6.07) is 3.02. The molecule has 0 aromatic carbocycles. The lowest BCUT2D eigenvalue weighted by Crippen LogP contribution is -2.08. The van der Waals surface area contributed by atoms with Crippen LogP contribution in [0.15, 0.2) is 18.3 Å². The van der Waals surface area contributed by atoms with Gasteiger partial charge in [0.25, 0.3) is 0 Å². The zero-order valence-corrected chi connectivity index (χ0v) is 5.61. The van der Waals surface area contributed by atoms with Gasteiger partial charge in [-0.3, -0.25) is 5.32 Å². The van der Waals surface area contributed by atoms with Crippen molar-refractivity contribution >= 4 is 17.6 Å². The molecule has 58 valence electrons. The zero-order chi connectivity index (χ0) is 8.27. The molecule has 11 heavy (non-hydrogen) atoms. The van der Waals surface area contributed by atoms with Gasteiger partial charge in [0.2, 0.25) is 0 Å². The number of nitrogens with two attached hydrogens (primary N) is 1. The van der Waals surface area contributed by atoms with Crippen LogP contribution in [0.1, 0.15) is 0 Å². The van der Waals surface area contributed by atoms with Crippen molar-refractivity contribution in [3.8, 4) is 0 Å². The highest BCUT2D eigenvalue weighted by Gasteiger charge is 1.97. The Labute approximate surface area is 62.9 Å². The Morgan fingerprint density at radius 2 is 2.45 bits per heavy atom. The molecule has 0 atom stereocenters. The standard InChI is InChI=1S/C6H7N3O2/c7-4-1-2-8-5(3-4)9-6(10)11/h1-3H,(H,10,11)(H3,7,8,9). The second kappa shape index (κ2) is 2.87. The van der Waals surface area contributed by atoms with E-state index < -0.39 is 6.09 Å². The molecule has 5 nitrogen and oxygen atoms in total. The van der Waals surface area contributed by atoms with Crippen LogP contribution in [0.4, 0.5) is 16.3 Å². The monoisotopic (exact) mass is 153 g/mol. The fourth-order valence-corrected chi connectivity index (χ4v) is 0.625. The van der Waals surface area contributed by atoms with Crippen LogP contribution in [-0.4, -0.2) is 16.2 Å². The molecule has 5 heteroatoms. The highest BCUT2D eigenvalue weighted by Crippen LogP contribution is 2.06. The lowest BCUT2D eigenvalue weighted by atomic mass is 10.4. The van der Waals surface area contributed by atoms with Crippen molar-refractivity contribution in [2.45, 2.75) is 0 Å². The fourth-order valence-electron chi connectivity index (χ4n) is 0.625. The minimum atomic E-state index is -1.15. The Hall–Kier alpha value is -1.78.